The highest BCUT2D eigenvalue weighted by Gasteiger charge is 2.03. The van der Waals surface area contributed by atoms with Gasteiger partial charge in [0.25, 0.3) is 0 Å². The van der Waals surface area contributed by atoms with Crippen molar-refractivity contribution in [2.75, 3.05) is 0 Å². The lowest BCUT2D eigenvalue weighted by atomic mass is 10.2. The molecule has 0 fully saturated rings. The third-order valence-electron chi connectivity index (χ3n) is 2.43. The van der Waals surface area contributed by atoms with Crippen molar-refractivity contribution < 1.29 is 4.42 Å². The van der Waals surface area contributed by atoms with E-state index in [2.05, 4.69) is 23.7 Å². The van der Waals surface area contributed by atoms with Gasteiger partial charge in [-0.15, -0.1) is 11.3 Å². The van der Waals surface area contributed by atoms with Crippen molar-refractivity contribution in [3.05, 3.63) is 45.0 Å². The van der Waals surface area contributed by atoms with Crippen LogP contribution in [-0.2, 0) is 19.5 Å². The van der Waals surface area contributed by atoms with E-state index >= 15 is 0 Å². The van der Waals surface area contributed by atoms with Gasteiger partial charge in [-0.25, -0.2) is 0 Å². The standard InChI is InChI=1S/C12H14ClNOS/c1-2-9-5-6-16-11(9)8-14-7-10-3-4-12(13)15-10/h3-6,14H,2,7-8H2,1H3. The second-order valence-corrected chi connectivity index (χ2v) is 4.91. The maximum atomic E-state index is 5.69. The number of halogens is 1. The van der Waals surface area contributed by atoms with Crippen LogP contribution in [0.25, 0.3) is 0 Å². The van der Waals surface area contributed by atoms with Crippen molar-refractivity contribution in [3.63, 3.8) is 0 Å². The van der Waals surface area contributed by atoms with E-state index in [0.29, 0.717) is 11.8 Å². The Morgan fingerprint density at radius 1 is 1.31 bits per heavy atom. The van der Waals surface area contributed by atoms with Crippen molar-refractivity contribution in [2.45, 2.75) is 26.4 Å². The fourth-order valence-electron chi connectivity index (χ4n) is 1.58. The molecule has 0 radical (unpaired) electrons. The summed E-state index contributed by atoms with van der Waals surface area (Å²) >= 11 is 7.49. The minimum absolute atomic E-state index is 0.446. The first-order valence-electron chi connectivity index (χ1n) is 5.29. The third-order valence-corrected chi connectivity index (χ3v) is 3.60. The summed E-state index contributed by atoms with van der Waals surface area (Å²) in [5.74, 6) is 0.875. The predicted octanol–water partition coefficient (Wildman–Crippen LogP) is 3.85. The van der Waals surface area contributed by atoms with Crippen molar-refractivity contribution in [1.29, 1.82) is 0 Å². The van der Waals surface area contributed by atoms with Gasteiger partial charge >= 0.3 is 0 Å². The molecule has 2 aromatic rings. The van der Waals surface area contributed by atoms with Crippen LogP contribution < -0.4 is 5.32 Å². The van der Waals surface area contributed by atoms with Crippen LogP contribution in [0.4, 0.5) is 0 Å². The van der Waals surface area contributed by atoms with Crippen LogP contribution in [-0.4, -0.2) is 0 Å². The van der Waals surface area contributed by atoms with Gasteiger partial charge in [0.15, 0.2) is 5.22 Å². The first-order valence-corrected chi connectivity index (χ1v) is 6.55. The van der Waals surface area contributed by atoms with Gasteiger partial charge in [0.2, 0.25) is 0 Å². The zero-order valence-electron chi connectivity index (χ0n) is 9.13. The summed E-state index contributed by atoms with van der Waals surface area (Å²) in [5.41, 5.74) is 1.43. The molecular formula is C12H14ClNOS. The lowest BCUT2D eigenvalue weighted by Gasteiger charge is -2.02. The average molecular weight is 256 g/mol. The van der Waals surface area contributed by atoms with E-state index in [9.17, 15) is 0 Å². The first kappa shape index (κ1) is 11.7. The molecule has 0 spiro atoms. The largest absolute Gasteiger partial charge is 0.448 e. The van der Waals surface area contributed by atoms with Gasteiger partial charge in [-0.1, -0.05) is 6.92 Å². The average Bonchev–Trinajstić information content (AvgIpc) is 2.87. The molecule has 2 heterocycles. The van der Waals surface area contributed by atoms with Crippen LogP contribution in [0.1, 0.15) is 23.1 Å². The molecule has 0 unspecified atom stereocenters. The molecule has 1 N–H and O–H groups in total. The summed E-state index contributed by atoms with van der Waals surface area (Å²) in [6.07, 6.45) is 1.09. The maximum absolute atomic E-state index is 5.69. The molecule has 4 heteroatoms. The molecule has 16 heavy (non-hydrogen) atoms. The van der Waals surface area contributed by atoms with Gasteiger partial charge in [-0.2, -0.15) is 0 Å². The molecule has 0 aliphatic rings. The van der Waals surface area contributed by atoms with Crippen LogP contribution in [0.2, 0.25) is 5.22 Å². The van der Waals surface area contributed by atoms with E-state index in [1.807, 2.05) is 6.07 Å². The smallest absolute Gasteiger partial charge is 0.193 e. The van der Waals surface area contributed by atoms with E-state index in [1.165, 1.54) is 10.4 Å². The summed E-state index contributed by atoms with van der Waals surface area (Å²) < 4.78 is 5.27. The maximum Gasteiger partial charge on any atom is 0.193 e. The van der Waals surface area contributed by atoms with Gasteiger partial charge < -0.3 is 9.73 Å². The van der Waals surface area contributed by atoms with Crippen LogP contribution in [0, 0.1) is 0 Å². The highest BCUT2D eigenvalue weighted by molar-refractivity contribution is 7.10. The fraction of sp³-hybridized carbons (Fsp3) is 0.333. The van der Waals surface area contributed by atoms with E-state index < -0.39 is 0 Å². The number of nitrogens with one attached hydrogen (secondary N) is 1. The van der Waals surface area contributed by atoms with Gasteiger partial charge in [0, 0.05) is 11.4 Å². The van der Waals surface area contributed by atoms with Crippen molar-refractivity contribution in [3.8, 4) is 0 Å². The Morgan fingerprint density at radius 3 is 2.88 bits per heavy atom. The van der Waals surface area contributed by atoms with Gasteiger partial charge in [0.05, 0.1) is 6.54 Å². The Bertz CT molecular complexity index is 449. The summed E-state index contributed by atoms with van der Waals surface area (Å²) in [4.78, 5) is 1.40. The van der Waals surface area contributed by atoms with E-state index in [1.54, 1.807) is 17.4 Å². The molecule has 0 atom stereocenters. The monoisotopic (exact) mass is 255 g/mol. The minimum atomic E-state index is 0.446. The summed E-state index contributed by atoms with van der Waals surface area (Å²) in [5, 5.41) is 5.94. The molecule has 0 bridgehead atoms. The van der Waals surface area contributed by atoms with Crippen LogP contribution in [0.5, 0.6) is 0 Å². The van der Waals surface area contributed by atoms with Crippen LogP contribution in [0.15, 0.2) is 28.0 Å². The molecule has 2 nitrogen and oxygen atoms in total. The molecule has 0 amide bonds. The second-order valence-electron chi connectivity index (χ2n) is 3.53. The summed E-state index contributed by atoms with van der Waals surface area (Å²) in [6.45, 7) is 3.78. The van der Waals surface area contributed by atoms with Crippen molar-refractivity contribution in [2.24, 2.45) is 0 Å². The summed E-state index contributed by atoms with van der Waals surface area (Å²) in [6, 6.07) is 5.84. The number of hydrogen-bond donors (Lipinski definition) is 1. The summed E-state index contributed by atoms with van der Waals surface area (Å²) in [7, 11) is 0. The fourth-order valence-corrected chi connectivity index (χ4v) is 2.69. The predicted molar refractivity (Wildman–Crippen MR) is 68.0 cm³/mol. The molecule has 2 rings (SSSR count). The first-order chi connectivity index (χ1) is 7.79. The van der Waals surface area contributed by atoms with Gasteiger partial charge in [0.1, 0.15) is 5.76 Å². The highest BCUT2D eigenvalue weighted by Crippen LogP contribution is 2.17. The zero-order chi connectivity index (χ0) is 11.4. The Morgan fingerprint density at radius 2 is 2.19 bits per heavy atom. The molecule has 2 aromatic heterocycles. The van der Waals surface area contributed by atoms with Gasteiger partial charge in [-0.05, 0) is 47.2 Å². The Hall–Kier alpha value is -0.770. The molecule has 0 aliphatic carbocycles. The number of furan rings is 1. The Balaban J connectivity index is 1.84. The quantitative estimate of drug-likeness (QED) is 0.878. The van der Waals surface area contributed by atoms with E-state index in [0.717, 1.165) is 18.7 Å². The lowest BCUT2D eigenvalue weighted by Crippen LogP contribution is -2.12. The number of thiophene rings is 1. The van der Waals surface area contributed by atoms with Gasteiger partial charge in [-0.3, -0.25) is 0 Å². The molecule has 86 valence electrons. The number of rotatable bonds is 5. The Kier molecular flexibility index (Phi) is 4.04. The number of hydrogen-bond acceptors (Lipinski definition) is 3. The Labute approximate surface area is 104 Å². The molecule has 0 saturated carbocycles. The zero-order valence-corrected chi connectivity index (χ0v) is 10.7. The highest BCUT2D eigenvalue weighted by atomic mass is 35.5. The van der Waals surface area contributed by atoms with E-state index in [4.69, 9.17) is 16.0 Å². The second kappa shape index (κ2) is 5.53. The van der Waals surface area contributed by atoms with Crippen LogP contribution in [0.3, 0.4) is 0 Å². The third kappa shape index (κ3) is 2.88. The molecule has 0 saturated heterocycles. The molecular weight excluding hydrogens is 242 g/mol. The molecule has 0 aromatic carbocycles. The molecule has 0 aliphatic heterocycles. The number of aryl methyl sites for hydroxylation is 1. The SMILES string of the molecule is CCc1ccsc1CNCc1ccc(Cl)o1. The lowest BCUT2D eigenvalue weighted by molar-refractivity contribution is 0.485. The van der Waals surface area contributed by atoms with Crippen molar-refractivity contribution in [1.82, 2.24) is 5.32 Å². The normalized spacial score (nSPS) is 10.9. The van der Waals surface area contributed by atoms with Crippen LogP contribution >= 0.6 is 22.9 Å². The topological polar surface area (TPSA) is 25.2 Å². The van der Waals surface area contributed by atoms with E-state index in [-0.39, 0.29) is 0 Å². The van der Waals surface area contributed by atoms with Crippen molar-refractivity contribution >= 4 is 22.9 Å². The minimum Gasteiger partial charge on any atom is -0.448 e.